The van der Waals surface area contributed by atoms with Crippen LogP contribution < -0.4 is 11.0 Å². The number of aromatic nitrogens is 4. The molecule has 0 radical (unpaired) electrons. The van der Waals surface area contributed by atoms with Crippen LogP contribution in [0.1, 0.15) is 24.2 Å². The quantitative estimate of drug-likeness (QED) is 0.718. The Bertz CT molecular complexity index is 1060. The zero-order chi connectivity index (χ0) is 19.0. The van der Waals surface area contributed by atoms with Crippen LogP contribution in [0.25, 0.3) is 5.78 Å². The lowest BCUT2D eigenvalue weighted by Crippen LogP contribution is -2.29. The first kappa shape index (κ1) is 17.6. The van der Waals surface area contributed by atoms with Crippen molar-refractivity contribution in [3.05, 3.63) is 51.8 Å². The van der Waals surface area contributed by atoms with Crippen LogP contribution in [0.5, 0.6) is 0 Å². The van der Waals surface area contributed by atoms with Gasteiger partial charge in [-0.25, -0.2) is 18.4 Å². The highest BCUT2D eigenvalue weighted by Crippen LogP contribution is 2.19. The number of methoxy groups -OCH3 is 1. The summed E-state index contributed by atoms with van der Waals surface area (Å²) in [6.07, 6.45) is 0. The molecule has 26 heavy (non-hydrogen) atoms. The first-order valence-corrected chi connectivity index (χ1v) is 7.91. The van der Waals surface area contributed by atoms with Gasteiger partial charge in [0.15, 0.2) is 6.04 Å². The Kier molecular flexibility index (Phi) is 4.45. The minimum absolute atomic E-state index is 0.126. The van der Waals surface area contributed by atoms with Gasteiger partial charge < -0.3 is 10.1 Å². The second-order valence-corrected chi connectivity index (χ2v) is 5.93. The minimum atomic E-state index is -0.879. The number of benzene rings is 1. The standard InChI is InChI=1S/C17H18FN5O3/c1-9-5-6-12(8-13(9)18)19-14-7-10(2)22-16(20-14)21-23(17(22)25)11(3)15(24)26-4/h5-8,11H,1-4H3,(H,19,20,21)/t11-/m0/s1. The number of rotatable bonds is 4. The van der Waals surface area contributed by atoms with Gasteiger partial charge in [0.2, 0.25) is 0 Å². The Morgan fingerprint density at radius 2 is 2.04 bits per heavy atom. The Hall–Kier alpha value is -3.23. The molecule has 0 aliphatic carbocycles. The van der Waals surface area contributed by atoms with Crippen molar-refractivity contribution in [3.63, 3.8) is 0 Å². The molecule has 0 bridgehead atoms. The van der Waals surface area contributed by atoms with Crippen LogP contribution in [0.15, 0.2) is 29.1 Å². The lowest BCUT2D eigenvalue weighted by Gasteiger charge is -2.08. The summed E-state index contributed by atoms with van der Waals surface area (Å²) < 4.78 is 20.7. The topological polar surface area (TPSA) is 90.5 Å². The number of hydrogen-bond acceptors (Lipinski definition) is 6. The van der Waals surface area contributed by atoms with Crippen LogP contribution in [0.3, 0.4) is 0 Å². The van der Waals surface area contributed by atoms with E-state index in [-0.39, 0.29) is 11.6 Å². The minimum Gasteiger partial charge on any atom is -0.467 e. The molecule has 0 aliphatic rings. The molecule has 1 atom stereocenters. The van der Waals surface area contributed by atoms with E-state index >= 15 is 0 Å². The summed E-state index contributed by atoms with van der Waals surface area (Å²) in [4.78, 5) is 28.5. The van der Waals surface area contributed by atoms with Gasteiger partial charge >= 0.3 is 11.7 Å². The molecule has 8 nitrogen and oxygen atoms in total. The van der Waals surface area contributed by atoms with Crippen molar-refractivity contribution < 1.29 is 13.9 Å². The Morgan fingerprint density at radius 3 is 2.69 bits per heavy atom. The lowest BCUT2D eigenvalue weighted by atomic mass is 10.2. The number of aryl methyl sites for hydroxylation is 2. The van der Waals surface area contributed by atoms with E-state index in [0.29, 0.717) is 22.8 Å². The number of ether oxygens (including phenoxy) is 1. The van der Waals surface area contributed by atoms with Crippen LogP contribution in [0.2, 0.25) is 0 Å². The van der Waals surface area contributed by atoms with Crippen LogP contribution in [-0.4, -0.2) is 32.2 Å². The molecule has 0 aliphatic heterocycles. The van der Waals surface area contributed by atoms with Gasteiger partial charge in [-0.3, -0.25) is 0 Å². The lowest BCUT2D eigenvalue weighted by molar-refractivity contribution is -0.144. The molecular weight excluding hydrogens is 341 g/mol. The number of nitrogens with zero attached hydrogens (tertiary/aromatic N) is 4. The molecule has 0 fully saturated rings. The normalized spacial score (nSPS) is 12.2. The molecule has 0 spiro atoms. The molecule has 0 saturated heterocycles. The van der Waals surface area contributed by atoms with E-state index < -0.39 is 17.7 Å². The zero-order valence-electron chi connectivity index (χ0n) is 14.8. The fourth-order valence-corrected chi connectivity index (χ4v) is 2.56. The van der Waals surface area contributed by atoms with Crippen LogP contribution in [0, 0.1) is 19.7 Å². The number of esters is 1. The first-order chi connectivity index (χ1) is 12.3. The highest BCUT2D eigenvalue weighted by atomic mass is 19.1. The van der Waals surface area contributed by atoms with Gasteiger partial charge in [0.05, 0.1) is 7.11 Å². The van der Waals surface area contributed by atoms with E-state index in [9.17, 15) is 14.0 Å². The van der Waals surface area contributed by atoms with E-state index in [1.165, 1.54) is 24.5 Å². The highest BCUT2D eigenvalue weighted by molar-refractivity contribution is 5.73. The monoisotopic (exact) mass is 359 g/mol. The van der Waals surface area contributed by atoms with Crippen LogP contribution in [-0.2, 0) is 9.53 Å². The van der Waals surface area contributed by atoms with Gasteiger partial charge in [0.25, 0.3) is 5.78 Å². The van der Waals surface area contributed by atoms with Crippen molar-refractivity contribution in [2.24, 2.45) is 0 Å². The van der Waals surface area contributed by atoms with Gasteiger partial charge in [-0.1, -0.05) is 6.07 Å². The molecular formula is C17H18FN5O3. The molecule has 2 heterocycles. The largest absolute Gasteiger partial charge is 0.467 e. The van der Waals surface area contributed by atoms with E-state index in [2.05, 4.69) is 20.1 Å². The fraction of sp³-hybridized carbons (Fsp3) is 0.294. The third-order valence-electron chi connectivity index (χ3n) is 4.06. The number of fused-ring (bicyclic) bond motifs is 1. The first-order valence-electron chi connectivity index (χ1n) is 7.91. The van der Waals surface area contributed by atoms with Gasteiger partial charge in [-0.15, -0.1) is 5.10 Å². The van der Waals surface area contributed by atoms with Crippen molar-refractivity contribution in [2.45, 2.75) is 26.8 Å². The molecule has 1 N–H and O–H groups in total. The predicted molar refractivity (Wildman–Crippen MR) is 93.1 cm³/mol. The summed E-state index contributed by atoms with van der Waals surface area (Å²) >= 11 is 0. The third kappa shape index (κ3) is 3.03. The molecule has 1 aromatic carbocycles. The Balaban J connectivity index is 2.03. The number of nitrogens with one attached hydrogen (secondary N) is 1. The van der Waals surface area contributed by atoms with Crippen molar-refractivity contribution in [1.82, 2.24) is 19.2 Å². The van der Waals surface area contributed by atoms with Gasteiger partial charge in [-0.2, -0.15) is 9.67 Å². The van der Waals surface area contributed by atoms with Crippen molar-refractivity contribution in [3.8, 4) is 0 Å². The van der Waals surface area contributed by atoms with Gasteiger partial charge in [-0.05, 0) is 38.5 Å². The fourth-order valence-electron chi connectivity index (χ4n) is 2.56. The van der Waals surface area contributed by atoms with Crippen molar-refractivity contribution in [1.29, 1.82) is 0 Å². The van der Waals surface area contributed by atoms with Gasteiger partial charge in [0, 0.05) is 17.4 Å². The van der Waals surface area contributed by atoms with E-state index in [0.717, 1.165) is 4.68 Å². The molecule has 9 heteroatoms. The SMILES string of the molecule is COC(=O)[C@H](C)n1nc2nc(Nc3ccc(C)c(F)c3)cc(C)n2c1=O. The van der Waals surface area contributed by atoms with Crippen LogP contribution >= 0.6 is 0 Å². The Labute approximate surface area is 148 Å². The maximum atomic E-state index is 13.7. The van der Waals surface area contributed by atoms with Crippen LogP contribution in [0.4, 0.5) is 15.9 Å². The molecule has 3 aromatic rings. The van der Waals surface area contributed by atoms with E-state index in [4.69, 9.17) is 0 Å². The van der Waals surface area contributed by atoms with Gasteiger partial charge in [0.1, 0.15) is 11.6 Å². The molecule has 0 unspecified atom stereocenters. The molecule has 0 saturated carbocycles. The number of halogens is 1. The summed E-state index contributed by atoms with van der Waals surface area (Å²) in [5.41, 5.74) is 1.14. The summed E-state index contributed by atoms with van der Waals surface area (Å²) in [7, 11) is 1.24. The summed E-state index contributed by atoms with van der Waals surface area (Å²) in [6, 6.07) is 5.50. The average Bonchev–Trinajstić information content (AvgIpc) is 2.93. The summed E-state index contributed by atoms with van der Waals surface area (Å²) in [5.74, 6) is -0.385. The Morgan fingerprint density at radius 1 is 1.31 bits per heavy atom. The second kappa shape index (κ2) is 6.58. The predicted octanol–water partition coefficient (Wildman–Crippen LogP) is 2.12. The van der Waals surface area contributed by atoms with E-state index in [1.807, 2.05) is 0 Å². The summed E-state index contributed by atoms with van der Waals surface area (Å²) in [5, 5.41) is 7.11. The number of carbonyl (C=O) groups is 1. The number of hydrogen-bond donors (Lipinski definition) is 1. The van der Waals surface area contributed by atoms with E-state index in [1.54, 1.807) is 32.0 Å². The van der Waals surface area contributed by atoms with Crippen molar-refractivity contribution >= 4 is 23.3 Å². The molecule has 2 aromatic heterocycles. The summed E-state index contributed by atoms with van der Waals surface area (Å²) in [6.45, 7) is 4.91. The highest BCUT2D eigenvalue weighted by Gasteiger charge is 2.22. The molecule has 3 rings (SSSR count). The number of carbonyl (C=O) groups excluding carboxylic acids is 1. The zero-order valence-corrected chi connectivity index (χ0v) is 14.8. The number of anilines is 2. The second-order valence-electron chi connectivity index (χ2n) is 5.93. The maximum absolute atomic E-state index is 13.7. The third-order valence-corrected chi connectivity index (χ3v) is 4.06. The smallest absolute Gasteiger partial charge is 0.352 e. The maximum Gasteiger partial charge on any atom is 0.352 e. The molecule has 0 amide bonds. The molecule has 136 valence electrons. The van der Waals surface area contributed by atoms with Crippen molar-refractivity contribution in [2.75, 3.05) is 12.4 Å². The average molecular weight is 359 g/mol.